The number of likely N-dealkylation sites (N-methyl/N-ethyl adjacent to an activating group) is 1. The average molecular weight is 394 g/mol. The number of hydrogen-bond donors (Lipinski definition) is 1. The molecule has 1 aliphatic heterocycles. The molecule has 9 heteroatoms. The van der Waals surface area contributed by atoms with E-state index < -0.39 is 12.3 Å². The Balaban J connectivity index is 1.61. The first-order valence-electron chi connectivity index (χ1n) is 9.53. The van der Waals surface area contributed by atoms with E-state index in [1.165, 1.54) is 21.1 Å². The van der Waals surface area contributed by atoms with E-state index in [1.54, 1.807) is 7.05 Å². The van der Waals surface area contributed by atoms with Gasteiger partial charge in [-0.3, -0.25) is 0 Å². The second kappa shape index (κ2) is 9.16. The molecule has 1 saturated carbocycles. The second-order valence-corrected chi connectivity index (χ2v) is 8.00. The summed E-state index contributed by atoms with van der Waals surface area (Å²) in [7, 11) is 1.69. The van der Waals surface area contributed by atoms with Gasteiger partial charge in [0.2, 0.25) is 11.4 Å². The van der Waals surface area contributed by atoms with Crippen LogP contribution in [0.15, 0.2) is 12.2 Å². The molecule has 148 valence electrons. The third-order valence-corrected chi connectivity index (χ3v) is 5.81. The van der Waals surface area contributed by atoms with Gasteiger partial charge in [-0.2, -0.15) is 0 Å². The quantitative estimate of drug-likeness (QED) is 0.567. The molecule has 8 nitrogen and oxygen atoms in total. The van der Waals surface area contributed by atoms with Crippen LogP contribution in [0.25, 0.3) is 0 Å². The van der Waals surface area contributed by atoms with Crippen molar-refractivity contribution < 1.29 is 14.3 Å². The van der Waals surface area contributed by atoms with E-state index in [0.717, 1.165) is 50.0 Å². The van der Waals surface area contributed by atoms with Gasteiger partial charge in [-0.05, 0) is 32.6 Å². The maximum atomic E-state index is 12.5. The van der Waals surface area contributed by atoms with Gasteiger partial charge in [0.05, 0.1) is 6.54 Å². The number of nitrogens with one attached hydrogen (secondary N) is 1. The molecule has 2 heterocycles. The van der Waals surface area contributed by atoms with Crippen LogP contribution in [0.2, 0.25) is 0 Å². The molecule has 0 aromatic carbocycles. The highest BCUT2D eigenvalue weighted by Crippen LogP contribution is 2.29. The number of allylic oxidation sites excluding steroid dienone is 2. The Morgan fingerprint density at radius 3 is 2.89 bits per heavy atom. The predicted molar refractivity (Wildman–Crippen MR) is 104 cm³/mol. The molecule has 1 N–H and O–H groups in total. The molecule has 27 heavy (non-hydrogen) atoms. The van der Waals surface area contributed by atoms with E-state index in [1.807, 2.05) is 13.0 Å². The minimum atomic E-state index is -0.687. The van der Waals surface area contributed by atoms with Crippen LogP contribution >= 0.6 is 11.3 Å². The third-order valence-electron chi connectivity index (χ3n) is 4.83. The summed E-state index contributed by atoms with van der Waals surface area (Å²) in [6.45, 7) is 2.31. The lowest BCUT2D eigenvalue weighted by Gasteiger charge is -2.21. The van der Waals surface area contributed by atoms with Gasteiger partial charge in [0, 0.05) is 19.5 Å². The smallest absolute Gasteiger partial charge is 0.409 e. The molecule has 2 aliphatic rings. The Labute approximate surface area is 163 Å². The minimum absolute atomic E-state index is 0.172. The molecule has 0 spiro atoms. The number of amides is 3. The van der Waals surface area contributed by atoms with Crippen molar-refractivity contribution in [3.05, 3.63) is 17.2 Å². The summed E-state index contributed by atoms with van der Waals surface area (Å²) in [5, 5.41) is 12.6. The zero-order chi connectivity index (χ0) is 19.2. The van der Waals surface area contributed by atoms with Crippen molar-refractivity contribution in [3.8, 4) is 0 Å². The first kappa shape index (κ1) is 19.6. The first-order chi connectivity index (χ1) is 13.1. The van der Waals surface area contributed by atoms with Gasteiger partial charge in [-0.1, -0.05) is 36.3 Å². The molecular weight excluding hydrogens is 366 g/mol. The number of urea groups is 1. The van der Waals surface area contributed by atoms with Gasteiger partial charge >= 0.3 is 12.1 Å². The molecule has 3 rings (SSSR count). The van der Waals surface area contributed by atoms with Crippen molar-refractivity contribution in [2.45, 2.75) is 64.1 Å². The minimum Gasteiger partial charge on any atom is -0.423 e. The third kappa shape index (κ3) is 4.97. The fraction of sp³-hybridized carbons (Fsp3) is 0.667. The van der Waals surface area contributed by atoms with Gasteiger partial charge < -0.3 is 15.0 Å². The summed E-state index contributed by atoms with van der Waals surface area (Å²) in [5.41, 5.74) is 0. The molecule has 2 fully saturated rings. The van der Waals surface area contributed by atoms with Crippen molar-refractivity contribution >= 4 is 28.6 Å². The van der Waals surface area contributed by atoms with E-state index in [2.05, 4.69) is 21.6 Å². The Hall–Kier alpha value is -2.16. The van der Waals surface area contributed by atoms with E-state index >= 15 is 0 Å². The predicted octanol–water partition coefficient (Wildman–Crippen LogP) is 3.30. The number of nitrogens with zero attached hydrogens (tertiary/aromatic N) is 4. The van der Waals surface area contributed by atoms with Gasteiger partial charge in [0.25, 0.3) is 0 Å². The number of unbranched alkanes of at least 4 members (excludes halogenated alkanes) is 1. The van der Waals surface area contributed by atoms with Crippen LogP contribution in [0.5, 0.6) is 0 Å². The van der Waals surface area contributed by atoms with Crippen LogP contribution < -0.4 is 10.2 Å². The van der Waals surface area contributed by atoms with Gasteiger partial charge in [0.15, 0.2) is 0 Å². The molecule has 1 aromatic heterocycles. The summed E-state index contributed by atoms with van der Waals surface area (Å²) in [6, 6.07) is -0.0589. The zero-order valence-electron chi connectivity index (χ0n) is 15.9. The molecule has 0 radical (unpaired) electrons. The van der Waals surface area contributed by atoms with Gasteiger partial charge in [-0.25, -0.2) is 14.5 Å². The van der Waals surface area contributed by atoms with Crippen LogP contribution in [0.4, 0.5) is 14.7 Å². The lowest BCUT2D eigenvalue weighted by molar-refractivity contribution is 0.1000. The Kier molecular flexibility index (Phi) is 6.65. The maximum absolute atomic E-state index is 12.5. The molecule has 1 unspecified atom stereocenters. The van der Waals surface area contributed by atoms with Gasteiger partial charge in [0.1, 0.15) is 5.01 Å². The molecular formula is C18H27N5O3S. The highest BCUT2D eigenvalue weighted by Gasteiger charge is 2.41. The summed E-state index contributed by atoms with van der Waals surface area (Å²) in [5.74, 6) is 0. The van der Waals surface area contributed by atoms with Crippen molar-refractivity contribution in [2.75, 3.05) is 18.5 Å². The molecule has 1 aromatic rings. The second-order valence-electron chi connectivity index (χ2n) is 6.96. The summed E-state index contributed by atoms with van der Waals surface area (Å²) in [4.78, 5) is 27.7. The fourth-order valence-corrected chi connectivity index (χ4v) is 4.29. The topological polar surface area (TPSA) is 87.7 Å². The number of anilines is 1. The molecule has 1 aliphatic carbocycles. The van der Waals surface area contributed by atoms with E-state index in [-0.39, 0.29) is 12.1 Å². The molecule has 0 bridgehead atoms. The molecule has 1 atom stereocenters. The average Bonchev–Trinajstić information content (AvgIpc) is 3.35. The number of ether oxygens (including phenoxy) is 1. The summed E-state index contributed by atoms with van der Waals surface area (Å²) in [6.07, 6.45) is 9.99. The molecule has 3 amide bonds. The van der Waals surface area contributed by atoms with Crippen LogP contribution in [-0.2, 0) is 11.2 Å². The van der Waals surface area contributed by atoms with Crippen molar-refractivity contribution in [2.24, 2.45) is 0 Å². The number of carbonyl (C=O) groups is 2. The fourth-order valence-electron chi connectivity index (χ4n) is 3.37. The number of hydrogen-bond acceptors (Lipinski definition) is 6. The summed E-state index contributed by atoms with van der Waals surface area (Å²) < 4.78 is 5.55. The standard InChI is InChI=1S/C18H27N5O3S/c1-3-4-5-6-11-14-20-21-16(27-14)23-15(12-22(2)18(23)25)26-17(24)19-13-9-7-8-10-13/h3-4,13,15H,5-12H2,1-2H3,(H,19,24). The molecule has 1 saturated heterocycles. The van der Waals surface area contributed by atoms with Crippen molar-refractivity contribution in [1.82, 2.24) is 20.4 Å². The normalized spacial score (nSPS) is 20.8. The maximum Gasteiger partial charge on any atom is 0.409 e. The van der Waals surface area contributed by atoms with Crippen LogP contribution in [0.3, 0.4) is 0 Å². The van der Waals surface area contributed by atoms with Gasteiger partial charge in [-0.15, -0.1) is 10.2 Å². The van der Waals surface area contributed by atoms with Crippen LogP contribution in [0.1, 0.15) is 50.5 Å². The lowest BCUT2D eigenvalue weighted by atomic mass is 10.2. The Bertz CT molecular complexity index is 686. The Morgan fingerprint density at radius 2 is 2.15 bits per heavy atom. The number of alkyl carbamates (subject to hydrolysis) is 1. The summed E-state index contributed by atoms with van der Waals surface area (Å²) >= 11 is 1.38. The van der Waals surface area contributed by atoms with E-state index in [4.69, 9.17) is 4.74 Å². The number of carbonyl (C=O) groups excluding carboxylic acids is 2. The van der Waals surface area contributed by atoms with Crippen LogP contribution in [-0.4, -0.2) is 53.1 Å². The first-order valence-corrected chi connectivity index (χ1v) is 10.3. The van der Waals surface area contributed by atoms with Crippen LogP contribution in [0, 0.1) is 0 Å². The van der Waals surface area contributed by atoms with E-state index in [0.29, 0.717) is 11.7 Å². The largest absolute Gasteiger partial charge is 0.423 e. The Morgan fingerprint density at radius 1 is 1.37 bits per heavy atom. The number of aryl methyl sites for hydroxylation is 1. The monoisotopic (exact) mass is 393 g/mol. The lowest BCUT2D eigenvalue weighted by Crippen LogP contribution is -2.42. The zero-order valence-corrected chi connectivity index (χ0v) is 16.7. The number of rotatable bonds is 7. The highest BCUT2D eigenvalue weighted by atomic mass is 32.1. The SMILES string of the molecule is CC=CCCCc1nnc(N2C(=O)N(C)CC2OC(=O)NC2CCCC2)s1. The van der Waals surface area contributed by atoms with E-state index in [9.17, 15) is 9.59 Å². The highest BCUT2D eigenvalue weighted by molar-refractivity contribution is 7.15. The van der Waals surface area contributed by atoms with Crippen molar-refractivity contribution in [1.29, 1.82) is 0 Å². The number of aromatic nitrogens is 2. The van der Waals surface area contributed by atoms with Crippen molar-refractivity contribution in [3.63, 3.8) is 0 Å².